The number of ether oxygens (including phenoxy) is 1. The van der Waals surface area contributed by atoms with Crippen molar-refractivity contribution < 1.29 is 9.53 Å². The van der Waals surface area contributed by atoms with Crippen LogP contribution in [0.1, 0.15) is 28.8 Å². The van der Waals surface area contributed by atoms with Gasteiger partial charge in [0.1, 0.15) is 0 Å². The van der Waals surface area contributed by atoms with E-state index in [1.807, 2.05) is 24.3 Å². The smallest absolute Gasteiger partial charge is 0.164 e. The van der Waals surface area contributed by atoms with Crippen LogP contribution in [0.2, 0.25) is 0 Å². The highest BCUT2D eigenvalue weighted by Gasteiger charge is 2.09. The molecular formula is C12H13NO2. The van der Waals surface area contributed by atoms with Gasteiger partial charge in [0.15, 0.2) is 5.78 Å². The molecule has 15 heavy (non-hydrogen) atoms. The van der Waals surface area contributed by atoms with E-state index in [4.69, 9.17) is 10.00 Å². The highest BCUT2D eigenvalue weighted by atomic mass is 16.5. The van der Waals surface area contributed by atoms with Crippen LogP contribution in [-0.4, -0.2) is 12.9 Å². The van der Waals surface area contributed by atoms with Crippen LogP contribution >= 0.6 is 0 Å². The first-order chi connectivity index (χ1) is 7.29. The minimum absolute atomic E-state index is 0.00389. The number of rotatable bonds is 5. The van der Waals surface area contributed by atoms with Gasteiger partial charge in [-0.2, -0.15) is 5.26 Å². The average Bonchev–Trinajstić information content (AvgIpc) is 2.27. The molecule has 1 rings (SSSR count). The van der Waals surface area contributed by atoms with Gasteiger partial charge in [-0.25, -0.2) is 0 Å². The van der Waals surface area contributed by atoms with Crippen molar-refractivity contribution >= 4 is 5.78 Å². The molecule has 3 nitrogen and oxygen atoms in total. The highest BCUT2D eigenvalue weighted by molar-refractivity contribution is 5.97. The molecule has 0 aliphatic carbocycles. The number of methoxy groups -OCH3 is 1. The Labute approximate surface area is 89.3 Å². The molecule has 0 amide bonds. The molecule has 0 atom stereocenters. The Morgan fingerprint density at radius 3 is 2.87 bits per heavy atom. The number of carbonyl (C=O) groups is 1. The lowest BCUT2D eigenvalue weighted by atomic mass is 10.0. The second-order valence-electron chi connectivity index (χ2n) is 3.17. The van der Waals surface area contributed by atoms with Crippen LogP contribution in [-0.2, 0) is 11.3 Å². The third-order valence-electron chi connectivity index (χ3n) is 2.08. The molecule has 0 aromatic heterocycles. The largest absolute Gasteiger partial charge is 0.380 e. The van der Waals surface area contributed by atoms with Gasteiger partial charge in [0.05, 0.1) is 12.7 Å². The number of Topliss-reactive ketones (excluding diaryl/α,β-unsaturated/α-hetero) is 1. The van der Waals surface area contributed by atoms with Crippen molar-refractivity contribution in [3.63, 3.8) is 0 Å². The standard InChI is InChI=1S/C12H13NO2/c1-15-9-10-5-2-3-6-11(10)12(14)7-4-8-13/h2-3,5-6H,4,7,9H2,1H3. The fourth-order valence-corrected chi connectivity index (χ4v) is 1.38. The Morgan fingerprint density at radius 2 is 2.20 bits per heavy atom. The third kappa shape index (κ3) is 3.19. The molecule has 0 aliphatic rings. The average molecular weight is 203 g/mol. The summed E-state index contributed by atoms with van der Waals surface area (Å²) in [4.78, 5) is 11.7. The lowest BCUT2D eigenvalue weighted by Gasteiger charge is -2.06. The highest BCUT2D eigenvalue weighted by Crippen LogP contribution is 2.13. The van der Waals surface area contributed by atoms with Gasteiger partial charge in [-0.1, -0.05) is 24.3 Å². The third-order valence-corrected chi connectivity index (χ3v) is 2.08. The van der Waals surface area contributed by atoms with E-state index in [-0.39, 0.29) is 18.6 Å². The maximum Gasteiger partial charge on any atom is 0.164 e. The maximum atomic E-state index is 11.7. The van der Waals surface area contributed by atoms with E-state index in [0.29, 0.717) is 12.2 Å². The predicted molar refractivity (Wildman–Crippen MR) is 56.3 cm³/mol. The lowest BCUT2D eigenvalue weighted by Crippen LogP contribution is -2.04. The second-order valence-corrected chi connectivity index (χ2v) is 3.17. The van der Waals surface area contributed by atoms with E-state index in [1.54, 1.807) is 13.2 Å². The van der Waals surface area contributed by atoms with Crippen molar-refractivity contribution in [1.82, 2.24) is 0 Å². The molecule has 0 aliphatic heterocycles. The molecule has 0 saturated heterocycles. The van der Waals surface area contributed by atoms with Gasteiger partial charge in [0.2, 0.25) is 0 Å². The quantitative estimate of drug-likeness (QED) is 0.690. The van der Waals surface area contributed by atoms with Crippen LogP contribution in [0.15, 0.2) is 24.3 Å². The summed E-state index contributed by atoms with van der Waals surface area (Å²) >= 11 is 0. The first kappa shape index (κ1) is 11.4. The molecule has 0 radical (unpaired) electrons. The summed E-state index contributed by atoms with van der Waals surface area (Å²) in [5.41, 5.74) is 1.54. The number of carbonyl (C=O) groups excluding carboxylic acids is 1. The summed E-state index contributed by atoms with van der Waals surface area (Å²) in [5, 5.41) is 8.41. The van der Waals surface area contributed by atoms with E-state index in [9.17, 15) is 4.79 Å². The Balaban J connectivity index is 2.83. The number of benzene rings is 1. The van der Waals surface area contributed by atoms with Crippen molar-refractivity contribution in [3.05, 3.63) is 35.4 Å². The van der Waals surface area contributed by atoms with E-state index < -0.39 is 0 Å². The molecule has 0 bridgehead atoms. The van der Waals surface area contributed by atoms with Crippen molar-refractivity contribution in [2.45, 2.75) is 19.4 Å². The lowest BCUT2D eigenvalue weighted by molar-refractivity contribution is 0.0979. The zero-order valence-electron chi connectivity index (χ0n) is 8.69. The predicted octanol–water partition coefficient (Wildman–Crippen LogP) is 2.32. The first-order valence-corrected chi connectivity index (χ1v) is 4.76. The van der Waals surface area contributed by atoms with Crippen LogP contribution in [0.3, 0.4) is 0 Å². The summed E-state index contributed by atoms with van der Waals surface area (Å²) < 4.78 is 5.01. The molecule has 78 valence electrons. The Kier molecular flexibility index (Phi) is 4.52. The van der Waals surface area contributed by atoms with Gasteiger partial charge in [-0.15, -0.1) is 0 Å². The summed E-state index contributed by atoms with van der Waals surface area (Å²) in [7, 11) is 1.59. The minimum Gasteiger partial charge on any atom is -0.380 e. The van der Waals surface area contributed by atoms with Crippen LogP contribution in [0, 0.1) is 11.3 Å². The van der Waals surface area contributed by atoms with Gasteiger partial charge >= 0.3 is 0 Å². The van der Waals surface area contributed by atoms with Crippen LogP contribution in [0.5, 0.6) is 0 Å². The van der Waals surface area contributed by atoms with E-state index in [2.05, 4.69) is 0 Å². The normalized spacial score (nSPS) is 9.60. The topological polar surface area (TPSA) is 50.1 Å². The molecule has 1 aromatic rings. The maximum absolute atomic E-state index is 11.7. The molecule has 0 heterocycles. The second kappa shape index (κ2) is 5.94. The van der Waals surface area contributed by atoms with Crippen molar-refractivity contribution in [3.8, 4) is 6.07 Å². The number of hydrogen-bond donors (Lipinski definition) is 0. The molecule has 0 saturated carbocycles. The van der Waals surface area contributed by atoms with Gasteiger partial charge in [0.25, 0.3) is 0 Å². The number of ketones is 1. The zero-order valence-corrected chi connectivity index (χ0v) is 8.69. The summed E-state index contributed by atoms with van der Waals surface area (Å²) in [6.45, 7) is 0.425. The van der Waals surface area contributed by atoms with Gasteiger partial charge in [0, 0.05) is 25.5 Å². The molecule has 0 unspecified atom stereocenters. The molecule has 1 aromatic carbocycles. The number of hydrogen-bond acceptors (Lipinski definition) is 3. The van der Waals surface area contributed by atoms with Crippen molar-refractivity contribution in [2.24, 2.45) is 0 Å². The van der Waals surface area contributed by atoms with Crippen LogP contribution in [0.25, 0.3) is 0 Å². The van der Waals surface area contributed by atoms with Crippen LogP contribution < -0.4 is 0 Å². The zero-order chi connectivity index (χ0) is 11.1. The Bertz CT molecular complexity index is 379. The fourth-order valence-electron chi connectivity index (χ4n) is 1.38. The van der Waals surface area contributed by atoms with Gasteiger partial charge in [-0.05, 0) is 5.56 Å². The monoisotopic (exact) mass is 203 g/mol. The molecule has 0 N–H and O–H groups in total. The van der Waals surface area contributed by atoms with E-state index >= 15 is 0 Å². The summed E-state index contributed by atoms with van der Waals surface area (Å²) in [6.07, 6.45) is 0.539. The SMILES string of the molecule is COCc1ccccc1C(=O)CCC#N. The Morgan fingerprint density at radius 1 is 1.47 bits per heavy atom. The minimum atomic E-state index is 0.00389. The summed E-state index contributed by atoms with van der Waals surface area (Å²) in [6, 6.07) is 9.29. The number of nitriles is 1. The Hall–Kier alpha value is -1.66. The first-order valence-electron chi connectivity index (χ1n) is 4.76. The summed E-state index contributed by atoms with van der Waals surface area (Å²) in [5.74, 6) is 0.00389. The molecule has 0 fully saturated rings. The molecule has 0 spiro atoms. The van der Waals surface area contributed by atoms with Gasteiger partial charge < -0.3 is 4.74 Å². The van der Waals surface area contributed by atoms with Crippen molar-refractivity contribution in [1.29, 1.82) is 5.26 Å². The van der Waals surface area contributed by atoms with Gasteiger partial charge in [-0.3, -0.25) is 4.79 Å². The number of nitrogens with zero attached hydrogens (tertiary/aromatic N) is 1. The van der Waals surface area contributed by atoms with E-state index in [0.717, 1.165) is 5.56 Å². The molecular weight excluding hydrogens is 190 g/mol. The van der Waals surface area contributed by atoms with Crippen LogP contribution in [0.4, 0.5) is 0 Å². The van der Waals surface area contributed by atoms with Crippen molar-refractivity contribution in [2.75, 3.05) is 7.11 Å². The molecule has 3 heteroatoms. The van der Waals surface area contributed by atoms with E-state index in [1.165, 1.54) is 0 Å². The fraction of sp³-hybridized carbons (Fsp3) is 0.333.